The topological polar surface area (TPSA) is 75.6 Å². The summed E-state index contributed by atoms with van der Waals surface area (Å²) in [4.78, 5) is 22.2. The Bertz CT molecular complexity index is 281. The van der Waals surface area contributed by atoms with Crippen LogP contribution in [0.4, 0.5) is 4.79 Å². The van der Waals surface area contributed by atoms with Gasteiger partial charge in [-0.1, -0.05) is 65.2 Å². The van der Waals surface area contributed by atoms with Gasteiger partial charge in [-0.2, -0.15) is 0 Å². The molecule has 5 nitrogen and oxygen atoms in total. The maximum absolute atomic E-state index is 11.6. The minimum absolute atomic E-state index is 0.312. The molecule has 0 aromatic rings. The van der Waals surface area contributed by atoms with E-state index in [2.05, 4.69) is 12.2 Å². The van der Waals surface area contributed by atoms with Crippen LogP contribution in [0, 0.1) is 0 Å². The number of carbonyl (C=O) groups is 2. The van der Waals surface area contributed by atoms with Crippen LogP contribution in [-0.4, -0.2) is 23.4 Å². The first kappa shape index (κ1) is 19.7. The average Bonchev–Trinajstić information content (AvgIpc) is 2.41. The highest BCUT2D eigenvalue weighted by molar-refractivity contribution is 5.70. The molecule has 2 N–H and O–H groups in total. The van der Waals surface area contributed by atoms with E-state index in [1.54, 1.807) is 0 Å². The second kappa shape index (κ2) is 13.7. The number of rotatable bonds is 13. The van der Waals surface area contributed by atoms with Crippen molar-refractivity contribution in [2.75, 3.05) is 0 Å². The summed E-state index contributed by atoms with van der Waals surface area (Å²) in [6.07, 6.45) is 9.15. The van der Waals surface area contributed by atoms with Crippen molar-refractivity contribution >= 4 is 12.1 Å². The lowest BCUT2D eigenvalue weighted by molar-refractivity contribution is -0.150. The van der Waals surface area contributed by atoms with Crippen LogP contribution in [0.1, 0.15) is 84.5 Å². The number of carboxylic acid groups (broad SMARTS) is 1. The third-order valence-electron chi connectivity index (χ3n) is 3.34. The monoisotopic (exact) mass is 301 g/mol. The summed E-state index contributed by atoms with van der Waals surface area (Å²) in [5, 5.41) is 10.9. The lowest BCUT2D eigenvalue weighted by Gasteiger charge is -2.16. The Kier molecular flexibility index (Phi) is 12.9. The summed E-state index contributed by atoms with van der Waals surface area (Å²) in [5.74, 6) is -0.312. The first-order valence-electron chi connectivity index (χ1n) is 8.29. The first-order chi connectivity index (χ1) is 10.1. The van der Waals surface area contributed by atoms with Crippen molar-refractivity contribution in [3.8, 4) is 0 Å². The van der Waals surface area contributed by atoms with Crippen LogP contribution in [0.15, 0.2) is 0 Å². The molecular formula is C16H31NO4. The molecule has 0 aromatic carbocycles. The van der Waals surface area contributed by atoms with Crippen LogP contribution in [0.2, 0.25) is 0 Å². The highest BCUT2D eigenvalue weighted by Gasteiger charge is 2.15. The van der Waals surface area contributed by atoms with Gasteiger partial charge in [0.15, 0.2) is 6.23 Å². The van der Waals surface area contributed by atoms with Crippen molar-refractivity contribution in [3.05, 3.63) is 0 Å². The van der Waals surface area contributed by atoms with Gasteiger partial charge in [-0.25, -0.2) is 4.79 Å². The van der Waals surface area contributed by atoms with E-state index < -0.39 is 12.3 Å². The van der Waals surface area contributed by atoms with Crippen LogP contribution in [0.3, 0.4) is 0 Å². The molecule has 0 aromatic heterocycles. The maximum Gasteiger partial charge on any atom is 0.407 e. The van der Waals surface area contributed by atoms with Crippen LogP contribution in [0.25, 0.3) is 0 Å². The molecule has 124 valence electrons. The second-order valence-electron chi connectivity index (χ2n) is 5.44. The van der Waals surface area contributed by atoms with Crippen molar-refractivity contribution < 1.29 is 19.4 Å². The summed E-state index contributed by atoms with van der Waals surface area (Å²) in [6, 6.07) is 0. The van der Waals surface area contributed by atoms with E-state index in [1.165, 1.54) is 32.1 Å². The average molecular weight is 301 g/mol. The SMILES string of the molecule is CCCCCCCCCCC(=O)OC(CCC)NC(=O)O. The third kappa shape index (κ3) is 13.5. The van der Waals surface area contributed by atoms with E-state index in [4.69, 9.17) is 9.84 Å². The van der Waals surface area contributed by atoms with Crippen molar-refractivity contribution in [2.24, 2.45) is 0 Å². The zero-order valence-corrected chi connectivity index (χ0v) is 13.5. The van der Waals surface area contributed by atoms with Gasteiger partial charge in [0.2, 0.25) is 0 Å². The van der Waals surface area contributed by atoms with Crippen LogP contribution in [-0.2, 0) is 9.53 Å². The van der Waals surface area contributed by atoms with E-state index in [0.717, 1.165) is 25.7 Å². The van der Waals surface area contributed by atoms with Gasteiger partial charge in [0.1, 0.15) is 0 Å². The Labute approximate surface area is 128 Å². The van der Waals surface area contributed by atoms with Gasteiger partial charge < -0.3 is 9.84 Å². The molecule has 0 spiro atoms. The Balaban J connectivity index is 3.61. The molecule has 0 saturated carbocycles. The number of esters is 1. The molecule has 1 amide bonds. The molecule has 21 heavy (non-hydrogen) atoms. The van der Waals surface area contributed by atoms with E-state index in [1.807, 2.05) is 6.92 Å². The molecule has 0 heterocycles. The van der Waals surface area contributed by atoms with Gasteiger partial charge in [0.05, 0.1) is 0 Å². The zero-order chi connectivity index (χ0) is 15.9. The summed E-state index contributed by atoms with van der Waals surface area (Å²) < 4.78 is 5.13. The van der Waals surface area contributed by atoms with Crippen molar-refractivity contribution in [2.45, 2.75) is 90.7 Å². The Morgan fingerprint density at radius 3 is 2.05 bits per heavy atom. The Hall–Kier alpha value is -1.26. The van der Waals surface area contributed by atoms with Gasteiger partial charge >= 0.3 is 12.1 Å². The van der Waals surface area contributed by atoms with Gasteiger partial charge in [0, 0.05) is 12.8 Å². The summed E-state index contributed by atoms with van der Waals surface area (Å²) >= 11 is 0. The highest BCUT2D eigenvalue weighted by atomic mass is 16.6. The van der Waals surface area contributed by atoms with Crippen molar-refractivity contribution in [3.63, 3.8) is 0 Å². The fourth-order valence-electron chi connectivity index (χ4n) is 2.18. The first-order valence-corrected chi connectivity index (χ1v) is 8.29. The normalized spacial score (nSPS) is 11.9. The molecule has 0 radical (unpaired) electrons. The summed E-state index contributed by atoms with van der Waals surface area (Å²) in [5.41, 5.74) is 0. The number of unbranched alkanes of at least 4 members (excludes halogenated alkanes) is 7. The van der Waals surface area contributed by atoms with Crippen molar-refractivity contribution in [1.82, 2.24) is 5.32 Å². The number of hydrogen-bond acceptors (Lipinski definition) is 3. The second-order valence-corrected chi connectivity index (χ2v) is 5.44. The minimum atomic E-state index is -1.16. The molecule has 0 rings (SSSR count). The fraction of sp³-hybridized carbons (Fsp3) is 0.875. The lowest BCUT2D eigenvalue weighted by Crippen LogP contribution is -2.37. The molecule has 0 bridgehead atoms. The number of amides is 1. The van der Waals surface area contributed by atoms with Gasteiger partial charge in [0.25, 0.3) is 0 Å². The summed E-state index contributed by atoms with van der Waals surface area (Å²) in [6.45, 7) is 4.12. The Morgan fingerprint density at radius 2 is 1.52 bits per heavy atom. The van der Waals surface area contributed by atoms with Crippen molar-refractivity contribution in [1.29, 1.82) is 0 Å². The number of carbonyl (C=O) groups excluding carboxylic acids is 1. The van der Waals surface area contributed by atoms with E-state index in [9.17, 15) is 9.59 Å². The fourth-order valence-corrected chi connectivity index (χ4v) is 2.18. The lowest BCUT2D eigenvalue weighted by atomic mass is 10.1. The predicted octanol–water partition coefficient (Wildman–Crippen LogP) is 4.45. The van der Waals surface area contributed by atoms with E-state index in [-0.39, 0.29) is 5.97 Å². The minimum Gasteiger partial charge on any atom is -0.465 e. The molecule has 0 saturated heterocycles. The number of hydrogen-bond donors (Lipinski definition) is 2. The highest BCUT2D eigenvalue weighted by Crippen LogP contribution is 2.10. The predicted molar refractivity (Wildman–Crippen MR) is 83.2 cm³/mol. The maximum atomic E-state index is 11.6. The molecule has 1 atom stereocenters. The number of nitrogens with one attached hydrogen (secondary N) is 1. The third-order valence-corrected chi connectivity index (χ3v) is 3.34. The quantitative estimate of drug-likeness (QED) is 0.299. The van der Waals surface area contributed by atoms with Gasteiger partial charge in [-0.3, -0.25) is 10.1 Å². The standard InChI is InChI=1S/C16H31NO4/c1-3-5-6-7-8-9-10-11-13-15(18)21-14(12-4-2)17-16(19)20/h14,17H,3-13H2,1-2H3,(H,19,20). The molecular weight excluding hydrogens is 270 g/mol. The van der Waals surface area contributed by atoms with Gasteiger partial charge in [-0.05, 0) is 6.42 Å². The van der Waals surface area contributed by atoms with E-state index >= 15 is 0 Å². The molecule has 0 aliphatic carbocycles. The molecule has 1 unspecified atom stereocenters. The zero-order valence-electron chi connectivity index (χ0n) is 13.5. The smallest absolute Gasteiger partial charge is 0.407 e. The van der Waals surface area contributed by atoms with Crippen LogP contribution >= 0.6 is 0 Å². The molecule has 0 aliphatic heterocycles. The Morgan fingerprint density at radius 1 is 0.952 bits per heavy atom. The molecule has 5 heteroatoms. The van der Waals surface area contributed by atoms with E-state index in [0.29, 0.717) is 12.8 Å². The summed E-state index contributed by atoms with van der Waals surface area (Å²) in [7, 11) is 0. The largest absolute Gasteiger partial charge is 0.465 e. The van der Waals surface area contributed by atoms with Gasteiger partial charge in [-0.15, -0.1) is 0 Å². The molecule has 0 aliphatic rings. The molecule has 0 fully saturated rings. The van der Waals surface area contributed by atoms with Crippen LogP contribution < -0.4 is 5.32 Å². The van der Waals surface area contributed by atoms with Crippen LogP contribution in [0.5, 0.6) is 0 Å². The number of ether oxygens (including phenoxy) is 1.